The van der Waals surface area contributed by atoms with Gasteiger partial charge in [-0.3, -0.25) is 10.1 Å². The number of fused-ring (bicyclic) bond motifs is 1. The van der Waals surface area contributed by atoms with Gasteiger partial charge >= 0.3 is 0 Å². The quantitative estimate of drug-likeness (QED) is 0.593. The molecule has 5 heteroatoms. The van der Waals surface area contributed by atoms with Gasteiger partial charge in [-0.1, -0.05) is 49.8 Å². The van der Waals surface area contributed by atoms with Gasteiger partial charge in [-0.05, 0) is 54.7 Å². The summed E-state index contributed by atoms with van der Waals surface area (Å²) in [6, 6.07) is 14.1. The van der Waals surface area contributed by atoms with E-state index in [2.05, 4.69) is 36.3 Å². The Kier molecular flexibility index (Phi) is 6.23. The van der Waals surface area contributed by atoms with Crippen molar-refractivity contribution in [3.05, 3.63) is 53.6 Å². The highest BCUT2D eigenvalue weighted by Crippen LogP contribution is 2.27. The number of hydrogen-bond donors (Lipinski definition) is 1. The maximum Gasteiger partial charge on any atom is 0.264 e. The fourth-order valence-electron chi connectivity index (χ4n) is 2.68. The number of aryl methyl sites for hydroxylation is 2. The predicted molar refractivity (Wildman–Crippen MR) is 108 cm³/mol. The molecule has 2 aromatic carbocycles. The van der Waals surface area contributed by atoms with Crippen LogP contribution in [-0.2, 0) is 17.6 Å². The first-order chi connectivity index (χ1) is 12.7. The van der Waals surface area contributed by atoms with Crippen LogP contribution in [0, 0.1) is 0 Å². The Morgan fingerprint density at radius 1 is 1.12 bits per heavy atom. The molecule has 0 saturated heterocycles. The van der Waals surface area contributed by atoms with E-state index in [-0.39, 0.29) is 12.5 Å². The zero-order valence-electron chi connectivity index (χ0n) is 15.2. The second kappa shape index (κ2) is 8.81. The van der Waals surface area contributed by atoms with E-state index in [9.17, 15) is 4.79 Å². The lowest BCUT2D eigenvalue weighted by atomic mass is 10.1. The second-order valence-corrected chi connectivity index (χ2v) is 7.29. The molecular weight excluding hydrogens is 344 g/mol. The molecule has 136 valence electrons. The van der Waals surface area contributed by atoms with Crippen LogP contribution in [0.5, 0.6) is 5.75 Å². The normalized spacial score (nSPS) is 10.8. The number of anilines is 1. The number of aromatic nitrogens is 1. The van der Waals surface area contributed by atoms with E-state index >= 15 is 0 Å². The Morgan fingerprint density at radius 2 is 1.88 bits per heavy atom. The number of amides is 1. The van der Waals surface area contributed by atoms with Crippen LogP contribution in [0.3, 0.4) is 0 Å². The molecule has 1 heterocycles. The van der Waals surface area contributed by atoms with Gasteiger partial charge in [-0.2, -0.15) is 0 Å². The lowest BCUT2D eigenvalue weighted by Gasteiger charge is -2.06. The monoisotopic (exact) mass is 368 g/mol. The maximum absolute atomic E-state index is 12.1. The highest BCUT2D eigenvalue weighted by molar-refractivity contribution is 7.22. The standard InChI is InChI=1S/C21H24N2O2S/c1-3-5-6-16-9-12-18-19(13-16)26-21(22-18)23-20(24)14-25-17-10-7-15(4-2)8-11-17/h7-13H,3-6,14H2,1-2H3,(H,22,23,24). The molecule has 1 N–H and O–H groups in total. The average molecular weight is 369 g/mol. The molecule has 0 saturated carbocycles. The summed E-state index contributed by atoms with van der Waals surface area (Å²) in [5.74, 6) is 0.497. The lowest BCUT2D eigenvalue weighted by molar-refractivity contribution is -0.118. The van der Waals surface area contributed by atoms with Gasteiger partial charge in [0.1, 0.15) is 5.75 Å². The van der Waals surface area contributed by atoms with Crippen molar-refractivity contribution in [3.8, 4) is 5.75 Å². The van der Waals surface area contributed by atoms with Crippen molar-refractivity contribution >= 4 is 32.6 Å². The lowest BCUT2D eigenvalue weighted by Crippen LogP contribution is -2.19. The number of nitrogens with one attached hydrogen (secondary N) is 1. The third kappa shape index (κ3) is 4.82. The van der Waals surface area contributed by atoms with Gasteiger partial charge in [0.05, 0.1) is 10.2 Å². The van der Waals surface area contributed by atoms with Gasteiger partial charge in [0.25, 0.3) is 5.91 Å². The van der Waals surface area contributed by atoms with Gasteiger partial charge in [-0.25, -0.2) is 4.98 Å². The zero-order valence-corrected chi connectivity index (χ0v) is 16.1. The average Bonchev–Trinajstić information content (AvgIpc) is 3.06. The second-order valence-electron chi connectivity index (χ2n) is 6.26. The number of nitrogens with zero attached hydrogens (tertiary/aromatic N) is 1. The van der Waals surface area contributed by atoms with Gasteiger partial charge in [0.2, 0.25) is 0 Å². The molecule has 0 bridgehead atoms. The molecule has 0 radical (unpaired) electrons. The Morgan fingerprint density at radius 3 is 2.62 bits per heavy atom. The van der Waals surface area contributed by atoms with E-state index in [1.165, 1.54) is 35.3 Å². The summed E-state index contributed by atoms with van der Waals surface area (Å²) in [6.45, 7) is 4.27. The molecule has 3 rings (SSSR count). The summed E-state index contributed by atoms with van der Waals surface area (Å²) in [5.41, 5.74) is 3.48. The van der Waals surface area contributed by atoms with E-state index in [4.69, 9.17) is 4.74 Å². The third-order valence-corrected chi connectivity index (χ3v) is 5.15. The smallest absolute Gasteiger partial charge is 0.264 e. The van der Waals surface area contributed by atoms with Gasteiger partial charge in [-0.15, -0.1) is 0 Å². The molecule has 26 heavy (non-hydrogen) atoms. The predicted octanol–water partition coefficient (Wildman–Crippen LogP) is 5.22. The first kappa shape index (κ1) is 18.4. The third-order valence-electron chi connectivity index (χ3n) is 4.22. The van der Waals surface area contributed by atoms with Crippen molar-refractivity contribution in [2.24, 2.45) is 0 Å². The number of carbonyl (C=O) groups is 1. The number of ether oxygens (including phenoxy) is 1. The fraction of sp³-hybridized carbons (Fsp3) is 0.333. The Bertz CT molecular complexity index is 871. The first-order valence-corrected chi connectivity index (χ1v) is 9.90. The number of unbranched alkanes of at least 4 members (excludes halogenated alkanes) is 1. The largest absolute Gasteiger partial charge is 0.484 e. The Balaban J connectivity index is 1.57. The van der Waals surface area contributed by atoms with Crippen LogP contribution in [0.1, 0.15) is 37.8 Å². The van der Waals surface area contributed by atoms with Crippen molar-refractivity contribution in [2.75, 3.05) is 11.9 Å². The minimum absolute atomic E-state index is 0.0247. The fourth-order valence-corrected chi connectivity index (χ4v) is 3.63. The highest BCUT2D eigenvalue weighted by atomic mass is 32.1. The van der Waals surface area contributed by atoms with E-state index in [1.54, 1.807) is 0 Å². The summed E-state index contributed by atoms with van der Waals surface area (Å²) in [4.78, 5) is 16.6. The molecule has 1 aromatic heterocycles. The summed E-state index contributed by atoms with van der Waals surface area (Å²) in [7, 11) is 0. The molecule has 0 unspecified atom stereocenters. The molecule has 3 aromatic rings. The van der Waals surface area contributed by atoms with Crippen molar-refractivity contribution in [1.29, 1.82) is 0 Å². The van der Waals surface area contributed by atoms with Crippen molar-refractivity contribution in [1.82, 2.24) is 4.98 Å². The summed E-state index contributed by atoms with van der Waals surface area (Å²) >= 11 is 1.50. The maximum atomic E-state index is 12.1. The van der Waals surface area contributed by atoms with E-state index in [0.717, 1.165) is 23.1 Å². The molecule has 0 spiro atoms. The molecule has 0 atom stereocenters. The molecule has 0 aliphatic carbocycles. The minimum atomic E-state index is -0.199. The van der Waals surface area contributed by atoms with Crippen LogP contribution in [0.2, 0.25) is 0 Å². The number of benzene rings is 2. The highest BCUT2D eigenvalue weighted by Gasteiger charge is 2.09. The van der Waals surface area contributed by atoms with Gasteiger partial charge in [0, 0.05) is 0 Å². The van der Waals surface area contributed by atoms with Crippen molar-refractivity contribution < 1.29 is 9.53 Å². The molecule has 4 nitrogen and oxygen atoms in total. The molecule has 0 aliphatic heterocycles. The van der Waals surface area contributed by atoms with Crippen LogP contribution in [0.25, 0.3) is 10.2 Å². The van der Waals surface area contributed by atoms with E-state index in [1.807, 2.05) is 30.3 Å². The van der Waals surface area contributed by atoms with Gasteiger partial charge < -0.3 is 4.74 Å². The molecular formula is C21H24N2O2S. The van der Waals surface area contributed by atoms with Crippen LogP contribution in [-0.4, -0.2) is 17.5 Å². The van der Waals surface area contributed by atoms with Crippen LogP contribution >= 0.6 is 11.3 Å². The first-order valence-electron chi connectivity index (χ1n) is 9.09. The summed E-state index contributed by atoms with van der Waals surface area (Å²) < 4.78 is 6.64. The molecule has 1 amide bonds. The Labute approximate surface area is 158 Å². The number of thiazole rings is 1. The SMILES string of the molecule is CCCCc1ccc2nc(NC(=O)COc3ccc(CC)cc3)sc2c1. The number of carbonyl (C=O) groups excluding carboxylic acids is 1. The number of hydrogen-bond acceptors (Lipinski definition) is 4. The van der Waals surface area contributed by atoms with Crippen LogP contribution in [0.4, 0.5) is 5.13 Å². The van der Waals surface area contributed by atoms with Gasteiger partial charge in [0.15, 0.2) is 11.7 Å². The van der Waals surface area contributed by atoms with Crippen molar-refractivity contribution in [2.45, 2.75) is 39.5 Å². The van der Waals surface area contributed by atoms with E-state index < -0.39 is 0 Å². The summed E-state index contributed by atoms with van der Waals surface area (Å²) in [5, 5.41) is 3.44. The van der Waals surface area contributed by atoms with Crippen molar-refractivity contribution in [3.63, 3.8) is 0 Å². The minimum Gasteiger partial charge on any atom is -0.484 e. The van der Waals surface area contributed by atoms with E-state index in [0.29, 0.717) is 10.9 Å². The Hall–Kier alpha value is -2.40. The molecule has 0 aliphatic rings. The summed E-state index contributed by atoms with van der Waals surface area (Å²) in [6.07, 6.45) is 4.43. The molecule has 0 fully saturated rings. The van der Waals surface area contributed by atoms with Crippen LogP contribution in [0.15, 0.2) is 42.5 Å². The topological polar surface area (TPSA) is 51.2 Å². The number of rotatable bonds is 8. The zero-order chi connectivity index (χ0) is 18.4. The van der Waals surface area contributed by atoms with Crippen LogP contribution < -0.4 is 10.1 Å².